The van der Waals surface area contributed by atoms with Gasteiger partial charge in [0.25, 0.3) is 5.91 Å². The number of carbonyl (C=O) groups excluding carboxylic acids is 2. The van der Waals surface area contributed by atoms with E-state index < -0.39 is 12.1 Å². The smallest absolute Gasteiger partial charge is 0.303 e. The molecule has 0 aliphatic carbocycles. The molecule has 30 heavy (non-hydrogen) atoms. The third-order valence-electron chi connectivity index (χ3n) is 5.31. The van der Waals surface area contributed by atoms with Crippen molar-refractivity contribution in [3.8, 4) is 0 Å². The second-order valence-corrected chi connectivity index (χ2v) is 7.91. The summed E-state index contributed by atoms with van der Waals surface area (Å²) in [6.07, 6.45) is 7.35. The fourth-order valence-electron chi connectivity index (χ4n) is 3.62. The average Bonchev–Trinajstić information content (AvgIpc) is 3.07. The Kier molecular flexibility index (Phi) is 9.05. The van der Waals surface area contributed by atoms with Crippen molar-refractivity contribution < 1.29 is 24.6 Å². The number of hydrogen-bond acceptors (Lipinski definition) is 4. The Morgan fingerprint density at radius 2 is 1.97 bits per heavy atom. The molecule has 1 fully saturated rings. The molecule has 1 aromatic rings. The molecule has 1 saturated heterocycles. The lowest BCUT2D eigenvalue weighted by Gasteiger charge is -2.22. The van der Waals surface area contributed by atoms with Crippen molar-refractivity contribution >= 4 is 17.8 Å². The first-order chi connectivity index (χ1) is 14.3. The number of nitrogens with zero attached hydrogens (tertiary/aromatic N) is 2. The Bertz CT molecular complexity index is 775. The number of benzene rings is 1. The standard InChI is InChI=1S/C23H32N2O5/c1-24(2)23(30)18-9-7-8-17(16-18)20(26)13-11-19-12-14-21(27)25(19)15-6-4-3-5-10-22(28)29/h7-9,11,13,16,19-20,26H,3-6,10,12,14-15H2,1-2H3,(H,28,29)/t19?,20-/m1/s1. The normalized spacial score (nSPS) is 17.5. The van der Waals surface area contributed by atoms with Gasteiger partial charge in [0.15, 0.2) is 0 Å². The molecule has 0 saturated carbocycles. The highest BCUT2D eigenvalue weighted by molar-refractivity contribution is 5.94. The molecule has 1 unspecified atom stereocenters. The fourth-order valence-corrected chi connectivity index (χ4v) is 3.62. The lowest BCUT2D eigenvalue weighted by Crippen LogP contribution is -2.32. The molecule has 2 atom stereocenters. The number of aliphatic hydroxyl groups is 1. The number of rotatable bonds is 11. The summed E-state index contributed by atoms with van der Waals surface area (Å²) in [4.78, 5) is 38.2. The third-order valence-corrected chi connectivity index (χ3v) is 5.31. The van der Waals surface area contributed by atoms with Crippen molar-refractivity contribution in [2.24, 2.45) is 0 Å². The molecule has 0 spiro atoms. The molecule has 1 aliphatic rings. The number of carboxylic acids is 1. The minimum Gasteiger partial charge on any atom is -0.481 e. The van der Waals surface area contributed by atoms with Crippen molar-refractivity contribution in [2.45, 2.75) is 57.1 Å². The fraction of sp³-hybridized carbons (Fsp3) is 0.522. The first-order valence-electron chi connectivity index (χ1n) is 10.5. The van der Waals surface area contributed by atoms with Gasteiger partial charge in [-0.05, 0) is 37.0 Å². The maximum absolute atomic E-state index is 12.2. The van der Waals surface area contributed by atoms with Crippen LogP contribution in [0.5, 0.6) is 0 Å². The zero-order valence-electron chi connectivity index (χ0n) is 17.8. The van der Waals surface area contributed by atoms with Crippen molar-refractivity contribution in [3.05, 3.63) is 47.5 Å². The molecule has 1 aliphatic heterocycles. The van der Waals surface area contributed by atoms with E-state index in [0.717, 1.165) is 25.7 Å². The molecule has 2 N–H and O–H groups in total. The minimum absolute atomic E-state index is 0.0437. The topological polar surface area (TPSA) is 98.2 Å². The largest absolute Gasteiger partial charge is 0.481 e. The molecule has 0 radical (unpaired) electrons. The highest BCUT2D eigenvalue weighted by atomic mass is 16.4. The molecule has 164 valence electrons. The highest BCUT2D eigenvalue weighted by Crippen LogP contribution is 2.23. The number of carboxylic acid groups (broad SMARTS) is 1. The monoisotopic (exact) mass is 416 g/mol. The molecule has 7 heteroatoms. The first kappa shape index (κ1) is 23.6. The Morgan fingerprint density at radius 3 is 2.67 bits per heavy atom. The first-order valence-corrected chi connectivity index (χ1v) is 10.5. The molecular formula is C23H32N2O5. The number of aliphatic carboxylic acids is 1. The van der Waals surface area contributed by atoms with Crippen LogP contribution in [0.25, 0.3) is 0 Å². The van der Waals surface area contributed by atoms with Gasteiger partial charge in [0.2, 0.25) is 5.91 Å². The summed E-state index contributed by atoms with van der Waals surface area (Å²) in [5, 5.41) is 19.2. The van der Waals surface area contributed by atoms with E-state index in [1.165, 1.54) is 4.90 Å². The van der Waals surface area contributed by atoms with Gasteiger partial charge in [0, 0.05) is 39.0 Å². The van der Waals surface area contributed by atoms with E-state index in [0.29, 0.717) is 30.5 Å². The van der Waals surface area contributed by atoms with E-state index in [1.54, 1.807) is 44.4 Å². The molecule has 7 nitrogen and oxygen atoms in total. The van der Waals surface area contributed by atoms with Crippen LogP contribution in [0.15, 0.2) is 36.4 Å². The average molecular weight is 417 g/mol. The number of likely N-dealkylation sites (tertiary alicyclic amines) is 1. The van der Waals surface area contributed by atoms with E-state index >= 15 is 0 Å². The van der Waals surface area contributed by atoms with Crippen LogP contribution in [0.1, 0.15) is 67.0 Å². The Labute approximate surface area is 178 Å². The summed E-state index contributed by atoms with van der Waals surface area (Å²) in [6.45, 7) is 0.643. The molecule has 0 bridgehead atoms. The predicted octanol–water partition coefficient (Wildman–Crippen LogP) is 3.00. The Hall–Kier alpha value is -2.67. The van der Waals surface area contributed by atoms with Gasteiger partial charge in [0.05, 0.1) is 12.1 Å². The Morgan fingerprint density at radius 1 is 1.23 bits per heavy atom. The number of hydrogen-bond donors (Lipinski definition) is 2. The molecule has 2 rings (SSSR count). The van der Waals surface area contributed by atoms with Gasteiger partial charge in [0.1, 0.15) is 0 Å². The number of amides is 2. The van der Waals surface area contributed by atoms with E-state index in [2.05, 4.69) is 0 Å². The number of aliphatic hydroxyl groups excluding tert-OH is 1. The van der Waals surface area contributed by atoms with E-state index in [4.69, 9.17) is 5.11 Å². The van der Waals surface area contributed by atoms with E-state index in [9.17, 15) is 19.5 Å². The van der Waals surface area contributed by atoms with Gasteiger partial charge < -0.3 is 20.0 Å². The lowest BCUT2D eigenvalue weighted by atomic mass is 10.0. The second kappa shape index (κ2) is 11.5. The van der Waals surface area contributed by atoms with Gasteiger partial charge in [-0.1, -0.05) is 37.1 Å². The van der Waals surface area contributed by atoms with Crippen LogP contribution in [-0.2, 0) is 9.59 Å². The van der Waals surface area contributed by atoms with Gasteiger partial charge in [-0.2, -0.15) is 0 Å². The molecule has 0 aromatic heterocycles. The van der Waals surface area contributed by atoms with Crippen molar-refractivity contribution in [2.75, 3.05) is 20.6 Å². The molecule has 1 heterocycles. The van der Waals surface area contributed by atoms with Crippen LogP contribution in [0, 0.1) is 0 Å². The molecule has 1 aromatic carbocycles. The van der Waals surface area contributed by atoms with Crippen molar-refractivity contribution in [1.82, 2.24) is 9.80 Å². The predicted molar refractivity (Wildman–Crippen MR) is 114 cm³/mol. The quantitative estimate of drug-likeness (QED) is 0.427. The molecule has 2 amide bonds. The summed E-state index contributed by atoms with van der Waals surface area (Å²) < 4.78 is 0. The van der Waals surface area contributed by atoms with Gasteiger partial charge in [-0.3, -0.25) is 14.4 Å². The van der Waals surface area contributed by atoms with Crippen LogP contribution in [-0.4, -0.2) is 64.5 Å². The second-order valence-electron chi connectivity index (χ2n) is 7.91. The van der Waals surface area contributed by atoms with Crippen molar-refractivity contribution in [1.29, 1.82) is 0 Å². The van der Waals surface area contributed by atoms with Crippen LogP contribution in [0.4, 0.5) is 0 Å². The summed E-state index contributed by atoms with van der Waals surface area (Å²) in [6, 6.07) is 6.88. The zero-order valence-corrected chi connectivity index (χ0v) is 17.8. The highest BCUT2D eigenvalue weighted by Gasteiger charge is 2.28. The van der Waals surface area contributed by atoms with E-state index in [-0.39, 0.29) is 24.3 Å². The van der Waals surface area contributed by atoms with Gasteiger partial charge in [-0.25, -0.2) is 0 Å². The Balaban J connectivity index is 1.90. The van der Waals surface area contributed by atoms with E-state index in [1.807, 2.05) is 11.0 Å². The summed E-state index contributed by atoms with van der Waals surface area (Å²) >= 11 is 0. The van der Waals surface area contributed by atoms with Crippen LogP contribution in [0.3, 0.4) is 0 Å². The van der Waals surface area contributed by atoms with Gasteiger partial charge >= 0.3 is 5.97 Å². The van der Waals surface area contributed by atoms with Crippen LogP contribution < -0.4 is 0 Å². The minimum atomic E-state index is -0.853. The maximum atomic E-state index is 12.2. The van der Waals surface area contributed by atoms with Gasteiger partial charge in [-0.15, -0.1) is 0 Å². The van der Waals surface area contributed by atoms with Crippen LogP contribution >= 0.6 is 0 Å². The number of carbonyl (C=O) groups is 3. The summed E-state index contributed by atoms with van der Waals surface area (Å²) in [5.74, 6) is -0.780. The maximum Gasteiger partial charge on any atom is 0.303 e. The number of unbranched alkanes of at least 4 members (excludes halogenated alkanes) is 3. The SMILES string of the molecule is CN(C)C(=O)c1cccc([C@H](O)C=CC2CCC(=O)N2CCCCCCC(=O)O)c1. The molecular weight excluding hydrogens is 384 g/mol. The zero-order chi connectivity index (χ0) is 22.1. The lowest BCUT2D eigenvalue weighted by molar-refractivity contribution is -0.137. The van der Waals surface area contributed by atoms with Crippen LogP contribution in [0.2, 0.25) is 0 Å². The summed E-state index contributed by atoms with van der Waals surface area (Å²) in [5.41, 5.74) is 1.15. The summed E-state index contributed by atoms with van der Waals surface area (Å²) in [7, 11) is 3.37. The third kappa shape index (κ3) is 6.99. The van der Waals surface area contributed by atoms with Crippen molar-refractivity contribution in [3.63, 3.8) is 0 Å².